The van der Waals surface area contributed by atoms with Crippen molar-refractivity contribution < 1.29 is 4.79 Å². The second-order valence-corrected chi connectivity index (χ2v) is 8.17. The lowest BCUT2D eigenvalue weighted by Crippen LogP contribution is -2.48. The molecule has 2 aromatic rings. The highest BCUT2D eigenvalue weighted by molar-refractivity contribution is 5.97. The van der Waals surface area contributed by atoms with E-state index >= 15 is 0 Å². The van der Waals surface area contributed by atoms with Crippen LogP contribution in [-0.4, -0.2) is 66.0 Å². The molecule has 3 aliphatic rings. The zero-order chi connectivity index (χ0) is 18.2. The van der Waals surface area contributed by atoms with Gasteiger partial charge in [-0.1, -0.05) is 12.1 Å². The molecule has 0 saturated carbocycles. The van der Waals surface area contributed by atoms with E-state index in [0.717, 1.165) is 45.4 Å². The zero-order valence-electron chi connectivity index (χ0n) is 15.9. The van der Waals surface area contributed by atoms with Crippen molar-refractivity contribution >= 4 is 22.4 Å². The third-order valence-corrected chi connectivity index (χ3v) is 6.62. The van der Waals surface area contributed by atoms with Crippen molar-refractivity contribution in [2.75, 3.05) is 44.2 Å². The van der Waals surface area contributed by atoms with E-state index in [1.165, 1.54) is 48.0 Å². The third-order valence-electron chi connectivity index (χ3n) is 6.62. The predicted octanol–water partition coefficient (Wildman–Crippen LogP) is 2.68. The van der Waals surface area contributed by atoms with Gasteiger partial charge in [-0.15, -0.1) is 0 Å². The fourth-order valence-corrected chi connectivity index (χ4v) is 4.99. The lowest BCUT2D eigenvalue weighted by Gasteiger charge is -2.42. The molecule has 0 spiro atoms. The maximum atomic E-state index is 11.4. The summed E-state index contributed by atoms with van der Waals surface area (Å²) in [5.74, 6) is 0.337. The Morgan fingerprint density at radius 2 is 1.89 bits per heavy atom. The van der Waals surface area contributed by atoms with E-state index in [1.54, 1.807) is 0 Å². The topological polar surface area (TPSA) is 39.7 Å². The quantitative estimate of drug-likeness (QED) is 0.765. The van der Waals surface area contributed by atoms with Crippen molar-refractivity contribution in [2.24, 2.45) is 0 Å². The van der Waals surface area contributed by atoms with E-state index in [0.29, 0.717) is 11.9 Å². The Morgan fingerprint density at radius 3 is 2.67 bits per heavy atom. The molecule has 0 atom stereocenters. The van der Waals surface area contributed by atoms with Gasteiger partial charge in [0.2, 0.25) is 5.91 Å². The number of β-lactam (4-membered cyclic amide) rings is 1. The summed E-state index contributed by atoms with van der Waals surface area (Å²) in [6.45, 7) is 6.50. The molecule has 0 radical (unpaired) electrons. The number of carbonyl (C=O) groups excluding carboxylic acids is 1. The minimum Gasteiger partial charge on any atom is -0.368 e. The van der Waals surface area contributed by atoms with E-state index in [2.05, 4.69) is 39.2 Å². The molecule has 0 unspecified atom stereocenters. The van der Waals surface area contributed by atoms with E-state index < -0.39 is 0 Å². The van der Waals surface area contributed by atoms with Gasteiger partial charge >= 0.3 is 0 Å². The lowest BCUT2D eigenvalue weighted by atomic mass is 9.94. The molecule has 4 heterocycles. The number of benzene rings is 1. The average molecular weight is 364 g/mol. The lowest BCUT2D eigenvalue weighted by molar-refractivity contribution is -0.139. The summed E-state index contributed by atoms with van der Waals surface area (Å²) in [4.78, 5) is 23.0. The van der Waals surface area contributed by atoms with Gasteiger partial charge in [0, 0.05) is 74.0 Å². The number of hydrogen-bond acceptors (Lipinski definition) is 4. The molecule has 5 nitrogen and oxygen atoms in total. The van der Waals surface area contributed by atoms with E-state index in [-0.39, 0.29) is 0 Å². The summed E-state index contributed by atoms with van der Waals surface area (Å²) in [6, 6.07) is 7.30. The van der Waals surface area contributed by atoms with Crippen molar-refractivity contribution in [1.29, 1.82) is 0 Å². The van der Waals surface area contributed by atoms with Crippen LogP contribution in [0.5, 0.6) is 0 Å². The van der Waals surface area contributed by atoms with Gasteiger partial charge in [0.25, 0.3) is 0 Å². The van der Waals surface area contributed by atoms with E-state index in [9.17, 15) is 4.79 Å². The number of carbonyl (C=O) groups is 1. The minimum atomic E-state index is 0.337. The highest BCUT2D eigenvalue weighted by Crippen LogP contribution is 2.36. The molecule has 1 aromatic heterocycles. The Balaban J connectivity index is 1.20. The Kier molecular flexibility index (Phi) is 4.48. The number of nitrogens with zero attached hydrogens (tertiary/aromatic N) is 4. The molecule has 2 saturated heterocycles. The van der Waals surface area contributed by atoms with Crippen LogP contribution in [0.2, 0.25) is 0 Å². The largest absolute Gasteiger partial charge is 0.368 e. The predicted molar refractivity (Wildman–Crippen MR) is 108 cm³/mol. The van der Waals surface area contributed by atoms with Gasteiger partial charge < -0.3 is 14.7 Å². The van der Waals surface area contributed by atoms with Crippen molar-refractivity contribution in [3.8, 4) is 0 Å². The van der Waals surface area contributed by atoms with Crippen LogP contribution in [-0.2, 0) is 11.2 Å². The number of likely N-dealkylation sites (tertiary alicyclic amines) is 2. The standard InChI is InChI=1S/C22H28N4O/c27-21-8-13-25(21)10-2-9-24-11-6-19(7-12-24)26-14-5-18-16-23-15-17-3-1-4-20(26)22(17)18/h1,3-4,15-16,19H,2,5-14H2. The molecule has 3 aliphatic heterocycles. The number of pyridine rings is 1. The number of rotatable bonds is 5. The van der Waals surface area contributed by atoms with Gasteiger partial charge in [-0.25, -0.2) is 0 Å². The normalized spacial score (nSPS) is 21.0. The smallest absolute Gasteiger partial charge is 0.224 e. The monoisotopic (exact) mass is 364 g/mol. The maximum Gasteiger partial charge on any atom is 0.224 e. The summed E-state index contributed by atoms with van der Waals surface area (Å²) in [5.41, 5.74) is 2.81. The SMILES string of the molecule is O=C1CCN1CCCN1CCC(N2CCc3cncc4cccc2c34)CC1. The third kappa shape index (κ3) is 3.18. The molecule has 0 aliphatic carbocycles. The second-order valence-electron chi connectivity index (χ2n) is 8.17. The van der Waals surface area contributed by atoms with Crippen molar-refractivity contribution in [2.45, 2.75) is 38.1 Å². The van der Waals surface area contributed by atoms with Gasteiger partial charge in [-0.2, -0.15) is 0 Å². The molecule has 0 N–H and O–H groups in total. The molecule has 1 aromatic carbocycles. The summed E-state index contributed by atoms with van der Waals surface area (Å²) in [7, 11) is 0. The summed E-state index contributed by atoms with van der Waals surface area (Å²) in [6.07, 6.45) is 9.49. The number of amides is 1. The molecule has 1 amide bonds. The first-order chi connectivity index (χ1) is 13.3. The first-order valence-corrected chi connectivity index (χ1v) is 10.4. The van der Waals surface area contributed by atoms with Gasteiger partial charge in [0.05, 0.1) is 0 Å². The minimum absolute atomic E-state index is 0.337. The first kappa shape index (κ1) is 17.0. The molecule has 0 bridgehead atoms. The Bertz CT molecular complexity index is 838. The molecule has 142 valence electrons. The summed E-state index contributed by atoms with van der Waals surface area (Å²) >= 11 is 0. The number of piperidine rings is 1. The molecule has 5 heteroatoms. The van der Waals surface area contributed by atoms with Crippen LogP contribution < -0.4 is 4.90 Å². The highest BCUT2D eigenvalue weighted by Gasteiger charge is 2.29. The zero-order valence-corrected chi connectivity index (χ0v) is 15.9. The van der Waals surface area contributed by atoms with Gasteiger partial charge in [-0.05, 0) is 43.9 Å². The Hall–Kier alpha value is -2.14. The molecule has 2 fully saturated rings. The van der Waals surface area contributed by atoms with E-state index in [4.69, 9.17) is 0 Å². The van der Waals surface area contributed by atoms with Crippen LogP contribution in [0, 0.1) is 0 Å². The number of hydrogen-bond donors (Lipinski definition) is 0. The molecular weight excluding hydrogens is 336 g/mol. The van der Waals surface area contributed by atoms with Crippen LogP contribution in [0.4, 0.5) is 5.69 Å². The van der Waals surface area contributed by atoms with Gasteiger partial charge in [-0.3, -0.25) is 9.78 Å². The van der Waals surface area contributed by atoms with E-state index in [1.807, 2.05) is 11.1 Å². The average Bonchev–Trinajstić information content (AvgIpc) is 2.71. The second kappa shape index (κ2) is 7.12. The molecule has 5 rings (SSSR count). The summed E-state index contributed by atoms with van der Waals surface area (Å²) < 4.78 is 0. The van der Waals surface area contributed by atoms with Crippen LogP contribution >= 0.6 is 0 Å². The van der Waals surface area contributed by atoms with Crippen LogP contribution in [0.25, 0.3) is 10.8 Å². The Morgan fingerprint density at radius 1 is 1.00 bits per heavy atom. The van der Waals surface area contributed by atoms with Crippen LogP contribution in [0.15, 0.2) is 30.6 Å². The summed E-state index contributed by atoms with van der Waals surface area (Å²) in [5, 5.41) is 2.69. The van der Waals surface area contributed by atoms with Crippen LogP contribution in [0.1, 0.15) is 31.2 Å². The van der Waals surface area contributed by atoms with Gasteiger partial charge in [0.15, 0.2) is 0 Å². The fourth-order valence-electron chi connectivity index (χ4n) is 4.99. The van der Waals surface area contributed by atoms with Crippen molar-refractivity contribution in [1.82, 2.24) is 14.8 Å². The van der Waals surface area contributed by atoms with Crippen molar-refractivity contribution in [3.63, 3.8) is 0 Å². The highest BCUT2D eigenvalue weighted by atomic mass is 16.2. The molecule has 27 heavy (non-hydrogen) atoms. The van der Waals surface area contributed by atoms with Crippen molar-refractivity contribution in [3.05, 3.63) is 36.2 Å². The number of aromatic nitrogens is 1. The number of anilines is 1. The first-order valence-electron chi connectivity index (χ1n) is 10.4. The Labute approximate surface area is 161 Å². The molecular formula is C22H28N4O. The maximum absolute atomic E-state index is 11.4. The van der Waals surface area contributed by atoms with Gasteiger partial charge in [0.1, 0.15) is 0 Å². The van der Waals surface area contributed by atoms with Crippen LogP contribution in [0.3, 0.4) is 0 Å². The fraction of sp³-hybridized carbons (Fsp3) is 0.545.